The Morgan fingerprint density at radius 3 is 2.87 bits per heavy atom. The van der Waals surface area contributed by atoms with Crippen molar-refractivity contribution in [3.63, 3.8) is 0 Å². The summed E-state index contributed by atoms with van der Waals surface area (Å²) in [7, 11) is 0. The normalized spacial score (nSPS) is 16.2. The van der Waals surface area contributed by atoms with Gasteiger partial charge in [-0.15, -0.1) is 5.10 Å². The number of hydrogen-bond donors (Lipinski definition) is 0. The van der Waals surface area contributed by atoms with Gasteiger partial charge in [0.25, 0.3) is 0 Å². The molecule has 1 aliphatic heterocycles. The zero-order valence-electron chi connectivity index (χ0n) is 17.2. The number of benzene rings is 1. The van der Waals surface area contributed by atoms with Gasteiger partial charge in [0.15, 0.2) is 11.4 Å². The van der Waals surface area contributed by atoms with Crippen molar-refractivity contribution in [3.05, 3.63) is 77.9 Å². The van der Waals surface area contributed by atoms with Crippen LogP contribution in [0.25, 0.3) is 17.0 Å². The van der Waals surface area contributed by atoms with Crippen LogP contribution < -0.4 is 4.90 Å². The quantitative estimate of drug-likeness (QED) is 0.436. The third-order valence-corrected chi connectivity index (χ3v) is 5.75. The fourth-order valence-electron chi connectivity index (χ4n) is 4.21. The number of aromatic nitrogens is 4. The maximum atomic E-state index is 13.8. The predicted molar refractivity (Wildman–Crippen MR) is 117 cm³/mol. The number of anilines is 1. The average Bonchev–Trinajstić information content (AvgIpc) is 3.45. The van der Waals surface area contributed by atoms with Crippen LogP contribution in [0.4, 0.5) is 10.2 Å². The van der Waals surface area contributed by atoms with Crippen LogP contribution in [0, 0.1) is 5.82 Å². The summed E-state index contributed by atoms with van der Waals surface area (Å²) in [6.45, 7) is 2.67. The number of ketones is 1. The standard InChI is InChI=1S/C24H22FN5O/c1-2-22(31)19-9-4-8-18(27-19)21-15-26-23-11-12-24(28-30(21)23)29-13-5-10-20(29)16-6-3-7-17(25)14-16/h3-4,6-9,11-12,14-15,20H,2,5,10,13H2,1H3. The minimum atomic E-state index is -0.225. The van der Waals surface area contributed by atoms with Crippen molar-refractivity contribution in [2.45, 2.75) is 32.2 Å². The van der Waals surface area contributed by atoms with E-state index < -0.39 is 0 Å². The molecular formula is C24H22FN5O. The molecule has 1 fully saturated rings. The molecule has 0 aliphatic carbocycles. The van der Waals surface area contributed by atoms with Gasteiger partial charge in [0.2, 0.25) is 0 Å². The van der Waals surface area contributed by atoms with E-state index in [1.54, 1.807) is 28.9 Å². The first-order valence-corrected chi connectivity index (χ1v) is 10.5. The summed E-state index contributed by atoms with van der Waals surface area (Å²) in [5.41, 5.74) is 3.48. The number of carbonyl (C=O) groups excluding carboxylic acids is 1. The summed E-state index contributed by atoms with van der Waals surface area (Å²) in [5.74, 6) is 0.580. The second-order valence-corrected chi connectivity index (χ2v) is 7.70. The van der Waals surface area contributed by atoms with E-state index in [1.807, 2.05) is 37.3 Å². The molecule has 5 rings (SSSR count). The van der Waals surface area contributed by atoms with Crippen LogP contribution in [-0.4, -0.2) is 31.9 Å². The van der Waals surface area contributed by atoms with Gasteiger partial charge >= 0.3 is 0 Å². The number of hydrogen-bond acceptors (Lipinski definition) is 5. The molecule has 1 aliphatic rings. The lowest BCUT2D eigenvalue weighted by molar-refractivity contribution is 0.0983. The Morgan fingerprint density at radius 2 is 2.03 bits per heavy atom. The maximum absolute atomic E-state index is 13.8. The number of pyridine rings is 1. The summed E-state index contributed by atoms with van der Waals surface area (Å²) in [4.78, 5) is 23.3. The van der Waals surface area contributed by atoms with Crippen LogP contribution in [0.5, 0.6) is 0 Å². The van der Waals surface area contributed by atoms with Gasteiger partial charge in [0.1, 0.15) is 23.0 Å². The Balaban J connectivity index is 1.54. The van der Waals surface area contributed by atoms with Crippen molar-refractivity contribution in [1.82, 2.24) is 19.6 Å². The highest BCUT2D eigenvalue weighted by atomic mass is 19.1. The molecule has 0 saturated carbocycles. The Bertz CT molecular complexity index is 1270. The van der Waals surface area contributed by atoms with Crippen molar-refractivity contribution < 1.29 is 9.18 Å². The number of halogens is 1. The Morgan fingerprint density at radius 1 is 1.16 bits per heavy atom. The second-order valence-electron chi connectivity index (χ2n) is 7.70. The van der Waals surface area contributed by atoms with Gasteiger partial charge in [-0.1, -0.05) is 25.1 Å². The Hall–Kier alpha value is -3.61. The molecule has 0 bridgehead atoms. The largest absolute Gasteiger partial charge is 0.348 e. The average molecular weight is 415 g/mol. The number of nitrogens with zero attached hydrogens (tertiary/aromatic N) is 5. The number of rotatable bonds is 5. The third kappa shape index (κ3) is 3.56. The van der Waals surface area contributed by atoms with Gasteiger partial charge in [-0.05, 0) is 54.8 Å². The molecule has 31 heavy (non-hydrogen) atoms. The Labute approximate surface area is 179 Å². The summed E-state index contributed by atoms with van der Waals surface area (Å²) < 4.78 is 15.6. The molecule has 4 aromatic rings. The molecule has 4 heterocycles. The lowest BCUT2D eigenvalue weighted by Gasteiger charge is -2.26. The van der Waals surface area contributed by atoms with Gasteiger partial charge in [-0.2, -0.15) is 0 Å². The van der Waals surface area contributed by atoms with E-state index in [-0.39, 0.29) is 17.6 Å². The Kier molecular flexibility index (Phi) is 4.94. The number of imidazole rings is 1. The first-order chi connectivity index (χ1) is 15.1. The number of Topliss-reactive ketones (excluding diaryl/α,β-unsaturated/α-hetero) is 1. The first kappa shape index (κ1) is 19.4. The van der Waals surface area contributed by atoms with E-state index >= 15 is 0 Å². The van der Waals surface area contributed by atoms with Crippen molar-refractivity contribution in [1.29, 1.82) is 0 Å². The van der Waals surface area contributed by atoms with Crippen molar-refractivity contribution >= 4 is 17.2 Å². The van der Waals surface area contributed by atoms with Crippen LogP contribution in [0.2, 0.25) is 0 Å². The molecule has 0 radical (unpaired) electrons. The molecule has 0 amide bonds. The lowest BCUT2D eigenvalue weighted by Crippen LogP contribution is -2.24. The minimum absolute atomic E-state index is 0.000629. The van der Waals surface area contributed by atoms with Crippen molar-refractivity contribution in [2.24, 2.45) is 0 Å². The molecule has 156 valence electrons. The molecule has 1 aromatic carbocycles. The van der Waals surface area contributed by atoms with Gasteiger partial charge in [-0.25, -0.2) is 18.9 Å². The van der Waals surface area contributed by atoms with Crippen LogP contribution in [-0.2, 0) is 0 Å². The van der Waals surface area contributed by atoms with Crippen LogP contribution in [0.3, 0.4) is 0 Å². The van der Waals surface area contributed by atoms with Gasteiger partial charge in [0.05, 0.1) is 17.9 Å². The number of fused-ring (bicyclic) bond motifs is 1. The monoisotopic (exact) mass is 415 g/mol. The van der Waals surface area contributed by atoms with Crippen molar-refractivity contribution in [2.75, 3.05) is 11.4 Å². The molecular weight excluding hydrogens is 393 g/mol. The fourth-order valence-corrected chi connectivity index (χ4v) is 4.21. The molecule has 3 aromatic heterocycles. The van der Waals surface area contributed by atoms with E-state index in [0.717, 1.165) is 36.5 Å². The topological polar surface area (TPSA) is 63.4 Å². The lowest BCUT2D eigenvalue weighted by atomic mass is 10.0. The van der Waals surface area contributed by atoms with Gasteiger partial charge in [-0.3, -0.25) is 4.79 Å². The zero-order valence-corrected chi connectivity index (χ0v) is 17.2. The summed E-state index contributed by atoms with van der Waals surface area (Å²) in [5, 5.41) is 4.85. The van der Waals surface area contributed by atoms with Crippen LogP contribution >= 0.6 is 0 Å². The van der Waals surface area contributed by atoms with E-state index in [4.69, 9.17) is 5.10 Å². The molecule has 7 heteroatoms. The first-order valence-electron chi connectivity index (χ1n) is 10.5. The summed E-state index contributed by atoms with van der Waals surface area (Å²) in [6, 6.07) is 16.2. The molecule has 1 atom stereocenters. The van der Waals surface area contributed by atoms with Crippen molar-refractivity contribution in [3.8, 4) is 11.4 Å². The summed E-state index contributed by atoms with van der Waals surface area (Å²) in [6.07, 6.45) is 4.09. The van der Waals surface area contributed by atoms with Gasteiger partial charge < -0.3 is 4.90 Å². The van der Waals surface area contributed by atoms with E-state index in [9.17, 15) is 9.18 Å². The molecule has 0 N–H and O–H groups in total. The maximum Gasteiger partial charge on any atom is 0.180 e. The number of carbonyl (C=O) groups is 1. The predicted octanol–water partition coefficient (Wildman–Crippen LogP) is 4.86. The van der Waals surface area contributed by atoms with E-state index in [2.05, 4.69) is 14.9 Å². The molecule has 1 saturated heterocycles. The van der Waals surface area contributed by atoms with Gasteiger partial charge in [0, 0.05) is 13.0 Å². The van der Waals surface area contributed by atoms with E-state index in [0.29, 0.717) is 23.5 Å². The fraction of sp³-hybridized carbons (Fsp3) is 0.250. The highest BCUT2D eigenvalue weighted by Crippen LogP contribution is 2.35. The summed E-state index contributed by atoms with van der Waals surface area (Å²) >= 11 is 0. The molecule has 0 spiro atoms. The third-order valence-electron chi connectivity index (χ3n) is 5.75. The van der Waals surface area contributed by atoms with Crippen LogP contribution in [0.15, 0.2) is 60.8 Å². The second kappa shape index (κ2) is 7.91. The van der Waals surface area contributed by atoms with E-state index in [1.165, 1.54) is 6.07 Å². The highest BCUT2D eigenvalue weighted by Gasteiger charge is 2.28. The highest BCUT2D eigenvalue weighted by molar-refractivity contribution is 5.94. The molecule has 1 unspecified atom stereocenters. The smallest absolute Gasteiger partial charge is 0.180 e. The minimum Gasteiger partial charge on any atom is -0.348 e. The molecule has 6 nitrogen and oxygen atoms in total. The van der Waals surface area contributed by atoms with Crippen LogP contribution in [0.1, 0.15) is 48.3 Å². The SMILES string of the molecule is CCC(=O)c1cccc(-c2cnc3ccc(N4CCCC4c4cccc(F)c4)nn23)n1. The zero-order chi connectivity index (χ0) is 21.4.